The van der Waals surface area contributed by atoms with Gasteiger partial charge >= 0.3 is 0 Å². The van der Waals surface area contributed by atoms with E-state index >= 15 is 0 Å². The molecule has 17 heavy (non-hydrogen) atoms. The zero-order chi connectivity index (χ0) is 12.5. The Morgan fingerprint density at radius 2 is 2.29 bits per heavy atom. The molecule has 3 N–H and O–H groups in total. The number of amides is 1. The molecule has 0 spiro atoms. The number of aromatic nitrogens is 1. The average molecular weight is 253 g/mol. The maximum atomic E-state index is 13.3. The second-order valence-electron chi connectivity index (χ2n) is 4.11. The number of hydrogen-bond donors (Lipinski definition) is 2. The molecular weight excluding hydrogens is 241 g/mol. The second-order valence-corrected chi connectivity index (χ2v) is 4.55. The van der Waals surface area contributed by atoms with E-state index in [9.17, 15) is 9.18 Å². The molecule has 1 fully saturated rings. The van der Waals surface area contributed by atoms with Gasteiger partial charge in [-0.25, -0.2) is 4.39 Å². The SMILES string of the molecule is NC(=S)C1(C(=O)Nc2ccncc2F)CCC1. The summed E-state index contributed by atoms with van der Waals surface area (Å²) in [6.45, 7) is 0. The van der Waals surface area contributed by atoms with Crippen molar-refractivity contribution in [1.29, 1.82) is 0 Å². The van der Waals surface area contributed by atoms with Gasteiger partial charge in [0.05, 0.1) is 22.3 Å². The molecule has 90 valence electrons. The number of nitrogens with two attached hydrogens (primary N) is 1. The van der Waals surface area contributed by atoms with Gasteiger partial charge in [0.1, 0.15) is 0 Å². The Kier molecular flexibility index (Phi) is 3.06. The number of thiocarbonyl (C=S) groups is 1. The van der Waals surface area contributed by atoms with Gasteiger partial charge in [-0.05, 0) is 18.9 Å². The minimum atomic E-state index is -0.801. The topological polar surface area (TPSA) is 68.0 Å². The summed E-state index contributed by atoms with van der Waals surface area (Å²) in [4.78, 5) is 15.8. The molecule has 1 saturated carbocycles. The Balaban J connectivity index is 2.17. The van der Waals surface area contributed by atoms with Gasteiger partial charge in [-0.2, -0.15) is 0 Å². The van der Waals surface area contributed by atoms with Crippen molar-refractivity contribution in [3.8, 4) is 0 Å². The number of nitrogens with one attached hydrogen (secondary N) is 1. The standard InChI is InChI=1S/C11H12FN3OS/c12-7-6-14-5-2-8(7)15-10(16)11(9(13)17)3-1-4-11/h2,5-6H,1,3-4H2,(H2,13,17)(H,14,15,16). The highest BCUT2D eigenvalue weighted by atomic mass is 32.1. The summed E-state index contributed by atoms with van der Waals surface area (Å²) < 4.78 is 13.3. The van der Waals surface area contributed by atoms with Crippen LogP contribution in [-0.4, -0.2) is 15.9 Å². The lowest BCUT2D eigenvalue weighted by Gasteiger charge is -2.39. The van der Waals surface area contributed by atoms with Crippen LogP contribution in [0.2, 0.25) is 0 Å². The first-order valence-corrected chi connectivity index (χ1v) is 5.68. The number of pyridine rings is 1. The summed E-state index contributed by atoms with van der Waals surface area (Å²) in [5.41, 5.74) is 4.89. The van der Waals surface area contributed by atoms with Crippen molar-refractivity contribution >= 4 is 28.8 Å². The number of hydrogen-bond acceptors (Lipinski definition) is 3. The summed E-state index contributed by atoms with van der Waals surface area (Å²) >= 11 is 4.92. The molecule has 0 aliphatic heterocycles. The van der Waals surface area contributed by atoms with Gasteiger partial charge in [-0.1, -0.05) is 18.6 Å². The first kappa shape index (κ1) is 11.9. The number of halogens is 1. The number of carbonyl (C=O) groups is 1. The highest BCUT2D eigenvalue weighted by molar-refractivity contribution is 7.80. The van der Waals surface area contributed by atoms with E-state index < -0.39 is 11.2 Å². The molecule has 2 rings (SSSR count). The molecule has 0 atom stereocenters. The largest absolute Gasteiger partial charge is 0.392 e. The van der Waals surface area contributed by atoms with Gasteiger partial charge < -0.3 is 11.1 Å². The fourth-order valence-corrected chi connectivity index (χ4v) is 2.13. The van der Waals surface area contributed by atoms with Crippen LogP contribution in [0.1, 0.15) is 19.3 Å². The lowest BCUT2D eigenvalue weighted by atomic mass is 9.68. The fraction of sp³-hybridized carbons (Fsp3) is 0.364. The Hall–Kier alpha value is -1.56. The van der Waals surface area contributed by atoms with Crippen molar-refractivity contribution in [2.75, 3.05) is 5.32 Å². The Morgan fingerprint density at radius 1 is 1.59 bits per heavy atom. The van der Waals surface area contributed by atoms with Crippen LogP contribution in [0, 0.1) is 11.2 Å². The highest BCUT2D eigenvalue weighted by Gasteiger charge is 2.47. The van der Waals surface area contributed by atoms with Gasteiger partial charge in [0.25, 0.3) is 0 Å². The van der Waals surface area contributed by atoms with E-state index in [2.05, 4.69) is 10.3 Å². The molecule has 1 aliphatic carbocycles. The minimum Gasteiger partial charge on any atom is -0.392 e. The summed E-state index contributed by atoms with van der Waals surface area (Å²) in [7, 11) is 0. The summed E-state index contributed by atoms with van der Waals surface area (Å²) in [5, 5.41) is 2.51. The van der Waals surface area contributed by atoms with E-state index in [0.717, 1.165) is 12.6 Å². The van der Waals surface area contributed by atoms with Crippen LogP contribution in [0.4, 0.5) is 10.1 Å². The van der Waals surface area contributed by atoms with Gasteiger partial charge in [0, 0.05) is 6.20 Å². The molecule has 1 aromatic rings. The number of nitrogens with zero attached hydrogens (tertiary/aromatic N) is 1. The van der Waals surface area contributed by atoms with Crippen LogP contribution in [0.5, 0.6) is 0 Å². The predicted molar refractivity (Wildman–Crippen MR) is 65.9 cm³/mol. The van der Waals surface area contributed by atoms with Gasteiger partial charge in [-0.15, -0.1) is 0 Å². The summed E-state index contributed by atoms with van der Waals surface area (Å²) in [5.74, 6) is -0.903. The Bertz CT molecular complexity index is 474. The van der Waals surface area contributed by atoms with Gasteiger partial charge in [-0.3, -0.25) is 9.78 Å². The van der Waals surface area contributed by atoms with Gasteiger partial charge in [0.2, 0.25) is 5.91 Å². The van der Waals surface area contributed by atoms with Crippen LogP contribution in [0.15, 0.2) is 18.5 Å². The quantitative estimate of drug-likeness (QED) is 0.803. The van der Waals surface area contributed by atoms with Crippen molar-refractivity contribution in [2.24, 2.45) is 11.1 Å². The molecule has 1 aliphatic rings. The molecule has 1 aromatic heterocycles. The fourth-order valence-electron chi connectivity index (χ4n) is 1.83. The van der Waals surface area contributed by atoms with Crippen molar-refractivity contribution in [2.45, 2.75) is 19.3 Å². The molecular formula is C11H12FN3OS. The van der Waals surface area contributed by atoms with E-state index in [4.69, 9.17) is 18.0 Å². The zero-order valence-electron chi connectivity index (χ0n) is 9.07. The average Bonchev–Trinajstić information content (AvgIpc) is 2.19. The summed E-state index contributed by atoms with van der Waals surface area (Å²) in [6.07, 6.45) is 4.61. The van der Waals surface area contributed by atoms with Crippen LogP contribution in [0.25, 0.3) is 0 Å². The second kappa shape index (κ2) is 4.37. The normalized spacial score (nSPS) is 17.0. The maximum absolute atomic E-state index is 13.3. The third-order valence-corrected chi connectivity index (χ3v) is 3.52. The molecule has 0 unspecified atom stereocenters. The number of carbonyl (C=O) groups excluding carboxylic acids is 1. The van der Waals surface area contributed by atoms with Crippen molar-refractivity contribution in [1.82, 2.24) is 4.98 Å². The van der Waals surface area contributed by atoms with Crippen LogP contribution < -0.4 is 11.1 Å². The number of rotatable bonds is 3. The van der Waals surface area contributed by atoms with E-state index in [-0.39, 0.29) is 16.6 Å². The smallest absolute Gasteiger partial charge is 0.237 e. The molecule has 1 amide bonds. The van der Waals surface area contributed by atoms with Crippen molar-refractivity contribution in [3.63, 3.8) is 0 Å². The van der Waals surface area contributed by atoms with Crippen molar-refractivity contribution < 1.29 is 9.18 Å². The predicted octanol–water partition coefficient (Wildman–Crippen LogP) is 1.62. The van der Waals surface area contributed by atoms with Crippen LogP contribution in [0.3, 0.4) is 0 Å². The van der Waals surface area contributed by atoms with E-state index in [1.54, 1.807) is 0 Å². The van der Waals surface area contributed by atoms with Crippen molar-refractivity contribution in [3.05, 3.63) is 24.3 Å². The molecule has 6 heteroatoms. The van der Waals surface area contributed by atoms with Gasteiger partial charge in [0.15, 0.2) is 5.82 Å². The highest BCUT2D eigenvalue weighted by Crippen LogP contribution is 2.42. The Labute approximate surface area is 103 Å². The van der Waals surface area contributed by atoms with Crippen LogP contribution >= 0.6 is 12.2 Å². The Morgan fingerprint density at radius 3 is 2.76 bits per heavy atom. The molecule has 0 bridgehead atoms. The third-order valence-electron chi connectivity index (χ3n) is 3.13. The lowest BCUT2D eigenvalue weighted by molar-refractivity contribution is -0.125. The maximum Gasteiger partial charge on any atom is 0.237 e. The summed E-state index contributed by atoms with van der Waals surface area (Å²) in [6, 6.07) is 1.40. The van der Waals surface area contributed by atoms with E-state index in [0.29, 0.717) is 12.8 Å². The third kappa shape index (κ3) is 2.00. The molecule has 0 saturated heterocycles. The molecule has 0 radical (unpaired) electrons. The van der Waals surface area contributed by atoms with E-state index in [1.165, 1.54) is 12.3 Å². The molecule has 0 aromatic carbocycles. The van der Waals surface area contributed by atoms with Crippen LogP contribution in [-0.2, 0) is 4.79 Å². The first-order chi connectivity index (χ1) is 8.06. The molecule has 4 nitrogen and oxygen atoms in total. The zero-order valence-corrected chi connectivity index (χ0v) is 9.89. The van der Waals surface area contributed by atoms with E-state index in [1.807, 2.05) is 0 Å². The minimum absolute atomic E-state index is 0.104. The number of anilines is 1. The molecule has 1 heterocycles. The first-order valence-electron chi connectivity index (χ1n) is 5.27. The monoisotopic (exact) mass is 253 g/mol. The lowest BCUT2D eigenvalue weighted by Crippen LogP contribution is -2.50.